The molecule has 0 N–H and O–H groups in total. The van der Waals surface area contributed by atoms with Crippen molar-refractivity contribution in [2.24, 2.45) is 0 Å². The summed E-state index contributed by atoms with van der Waals surface area (Å²) in [6, 6.07) is 11.3. The van der Waals surface area contributed by atoms with Crippen molar-refractivity contribution in [2.45, 2.75) is 38.1 Å². The molecule has 1 aliphatic rings. The Morgan fingerprint density at radius 2 is 1.95 bits per heavy atom. The minimum absolute atomic E-state index is 0.539. The average molecular weight is 254 g/mol. The highest BCUT2D eigenvalue weighted by Crippen LogP contribution is 2.29. The minimum Gasteiger partial charge on any atom is -0.299 e. The second-order valence-electron chi connectivity index (χ2n) is 5.66. The third-order valence-corrected chi connectivity index (χ3v) is 4.27. The highest BCUT2D eigenvalue weighted by molar-refractivity contribution is 5.78. The van der Waals surface area contributed by atoms with Gasteiger partial charge in [-0.2, -0.15) is 0 Å². The van der Waals surface area contributed by atoms with Crippen LogP contribution >= 0.6 is 0 Å². The van der Waals surface area contributed by atoms with Crippen LogP contribution in [0.2, 0.25) is 0 Å². The van der Waals surface area contributed by atoms with Crippen LogP contribution in [0, 0.1) is 0 Å². The summed E-state index contributed by atoms with van der Waals surface area (Å²) < 4.78 is 0. The molecular formula is C17H22N2. The molecule has 2 nitrogen and oxygen atoms in total. The molecule has 2 aromatic rings. The molecule has 1 unspecified atom stereocenters. The van der Waals surface area contributed by atoms with Crippen molar-refractivity contribution < 1.29 is 0 Å². The molecular weight excluding hydrogens is 232 g/mol. The van der Waals surface area contributed by atoms with E-state index in [2.05, 4.69) is 53.5 Å². The molecule has 0 amide bonds. The molecule has 0 aliphatic carbocycles. The third-order valence-electron chi connectivity index (χ3n) is 4.27. The van der Waals surface area contributed by atoms with Gasteiger partial charge in [-0.25, -0.2) is 0 Å². The van der Waals surface area contributed by atoms with Gasteiger partial charge >= 0.3 is 0 Å². The van der Waals surface area contributed by atoms with Crippen LogP contribution in [-0.4, -0.2) is 23.5 Å². The Bertz CT molecular complexity index is 550. The fraction of sp³-hybridized carbons (Fsp3) is 0.471. The molecule has 1 aromatic heterocycles. The van der Waals surface area contributed by atoms with Crippen molar-refractivity contribution in [3.63, 3.8) is 0 Å². The van der Waals surface area contributed by atoms with Gasteiger partial charge in [0.1, 0.15) is 0 Å². The Morgan fingerprint density at radius 1 is 1.11 bits per heavy atom. The van der Waals surface area contributed by atoms with Gasteiger partial charge < -0.3 is 0 Å². The van der Waals surface area contributed by atoms with Gasteiger partial charge in [-0.05, 0) is 44.1 Å². The Kier molecular flexibility index (Phi) is 3.79. The number of likely N-dealkylation sites (tertiary alicyclic amines) is 1. The molecule has 100 valence electrons. The zero-order valence-corrected chi connectivity index (χ0v) is 11.7. The fourth-order valence-corrected chi connectivity index (χ4v) is 3.12. The summed E-state index contributed by atoms with van der Waals surface area (Å²) in [4.78, 5) is 7.12. The summed E-state index contributed by atoms with van der Waals surface area (Å²) >= 11 is 0. The number of hydrogen-bond donors (Lipinski definition) is 0. The lowest BCUT2D eigenvalue weighted by Crippen LogP contribution is -2.27. The molecule has 0 spiro atoms. The fourth-order valence-electron chi connectivity index (χ4n) is 3.12. The first-order valence-corrected chi connectivity index (χ1v) is 7.39. The van der Waals surface area contributed by atoms with E-state index in [1.54, 1.807) is 0 Å². The van der Waals surface area contributed by atoms with Gasteiger partial charge in [0.05, 0.1) is 5.52 Å². The van der Waals surface area contributed by atoms with Crippen LogP contribution in [-0.2, 0) is 0 Å². The summed E-state index contributed by atoms with van der Waals surface area (Å²) in [5.41, 5.74) is 2.47. The number of pyridine rings is 1. The third kappa shape index (κ3) is 2.79. The maximum absolute atomic E-state index is 4.62. The van der Waals surface area contributed by atoms with Crippen molar-refractivity contribution >= 4 is 10.9 Å². The summed E-state index contributed by atoms with van der Waals surface area (Å²) in [7, 11) is 2.26. The van der Waals surface area contributed by atoms with Crippen LogP contribution in [0.1, 0.15) is 43.7 Å². The average Bonchev–Trinajstić information content (AvgIpc) is 2.43. The lowest BCUT2D eigenvalue weighted by atomic mass is 9.96. The number of rotatable bonds is 1. The molecule has 0 saturated carbocycles. The standard InChI is InChI=1S/C17H22N2/c1-19-11-7-3-2-4-10-17(19)15-12-14-8-5-6-9-16(14)18-13-15/h5-6,8-9,12-13,17H,2-4,7,10-11H2,1H3. The maximum atomic E-state index is 4.62. The normalized spacial score (nSPS) is 22.1. The molecule has 1 saturated heterocycles. The van der Waals surface area contributed by atoms with Gasteiger partial charge in [-0.15, -0.1) is 0 Å². The van der Waals surface area contributed by atoms with E-state index >= 15 is 0 Å². The quantitative estimate of drug-likeness (QED) is 0.759. The van der Waals surface area contributed by atoms with Crippen molar-refractivity contribution in [1.82, 2.24) is 9.88 Å². The van der Waals surface area contributed by atoms with E-state index in [1.807, 2.05) is 0 Å². The van der Waals surface area contributed by atoms with Gasteiger partial charge in [0, 0.05) is 17.6 Å². The van der Waals surface area contributed by atoms with E-state index in [-0.39, 0.29) is 0 Å². The second kappa shape index (κ2) is 5.70. The molecule has 1 aromatic carbocycles. The Balaban J connectivity index is 1.92. The van der Waals surface area contributed by atoms with E-state index < -0.39 is 0 Å². The van der Waals surface area contributed by atoms with Crippen molar-refractivity contribution in [3.8, 4) is 0 Å². The lowest BCUT2D eigenvalue weighted by molar-refractivity contribution is 0.209. The van der Waals surface area contributed by atoms with Gasteiger partial charge in [-0.1, -0.05) is 37.5 Å². The van der Waals surface area contributed by atoms with Crippen LogP contribution in [0.25, 0.3) is 10.9 Å². The second-order valence-corrected chi connectivity index (χ2v) is 5.66. The Morgan fingerprint density at radius 3 is 2.89 bits per heavy atom. The SMILES string of the molecule is CN1CCCCCCC1c1cnc2ccccc2c1. The highest BCUT2D eigenvalue weighted by atomic mass is 15.1. The zero-order valence-electron chi connectivity index (χ0n) is 11.7. The maximum Gasteiger partial charge on any atom is 0.0702 e. The van der Waals surface area contributed by atoms with E-state index in [9.17, 15) is 0 Å². The minimum atomic E-state index is 0.539. The van der Waals surface area contributed by atoms with E-state index in [1.165, 1.54) is 49.6 Å². The summed E-state index contributed by atoms with van der Waals surface area (Å²) in [6.07, 6.45) is 8.76. The van der Waals surface area contributed by atoms with Gasteiger partial charge in [-0.3, -0.25) is 9.88 Å². The van der Waals surface area contributed by atoms with Crippen molar-refractivity contribution in [3.05, 3.63) is 42.1 Å². The largest absolute Gasteiger partial charge is 0.299 e. The summed E-state index contributed by atoms with van der Waals surface area (Å²) in [6.45, 7) is 1.21. The number of fused-ring (bicyclic) bond motifs is 1. The van der Waals surface area contributed by atoms with Gasteiger partial charge in [0.15, 0.2) is 0 Å². The first kappa shape index (κ1) is 12.6. The number of hydrogen-bond acceptors (Lipinski definition) is 2. The lowest BCUT2D eigenvalue weighted by Gasteiger charge is -2.30. The summed E-state index contributed by atoms with van der Waals surface area (Å²) in [5.74, 6) is 0. The molecule has 1 atom stereocenters. The van der Waals surface area contributed by atoms with Crippen molar-refractivity contribution in [1.29, 1.82) is 0 Å². The van der Waals surface area contributed by atoms with Crippen LogP contribution in [0.15, 0.2) is 36.5 Å². The van der Waals surface area contributed by atoms with Gasteiger partial charge in [0.25, 0.3) is 0 Å². The highest BCUT2D eigenvalue weighted by Gasteiger charge is 2.18. The Labute approximate surface area is 115 Å². The van der Waals surface area contributed by atoms with Crippen LogP contribution in [0.5, 0.6) is 0 Å². The first-order valence-electron chi connectivity index (χ1n) is 7.39. The number of para-hydroxylation sites is 1. The topological polar surface area (TPSA) is 16.1 Å². The van der Waals surface area contributed by atoms with Crippen LogP contribution < -0.4 is 0 Å². The van der Waals surface area contributed by atoms with E-state index in [0.717, 1.165) is 5.52 Å². The monoisotopic (exact) mass is 254 g/mol. The number of aromatic nitrogens is 1. The van der Waals surface area contributed by atoms with E-state index in [0.29, 0.717) is 6.04 Å². The molecule has 1 fully saturated rings. The molecule has 0 bridgehead atoms. The number of nitrogens with zero attached hydrogens (tertiary/aromatic N) is 2. The number of benzene rings is 1. The molecule has 3 rings (SSSR count). The van der Waals surface area contributed by atoms with Gasteiger partial charge in [0.2, 0.25) is 0 Å². The molecule has 1 aliphatic heterocycles. The molecule has 19 heavy (non-hydrogen) atoms. The smallest absolute Gasteiger partial charge is 0.0702 e. The van der Waals surface area contributed by atoms with Crippen LogP contribution in [0.4, 0.5) is 0 Å². The Hall–Kier alpha value is -1.41. The molecule has 2 heterocycles. The molecule has 2 heteroatoms. The molecule has 0 radical (unpaired) electrons. The predicted octanol–water partition coefficient (Wildman–Crippen LogP) is 4.17. The summed E-state index contributed by atoms with van der Waals surface area (Å²) in [5, 5.41) is 1.26. The first-order chi connectivity index (χ1) is 9.34. The van der Waals surface area contributed by atoms with Crippen LogP contribution in [0.3, 0.4) is 0 Å². The zero-order chi connectivity index (χ0) is 13.1. The van der Waals surface area contributed by atoms with E-state index in [4.69, 9.17) is 0 Å². The van der Waals surface area contributed by atoms with Crippen molar-refractivity contribution in [2.75, 3.05) is 13.6 Å². The predicted molar refractivity (Wildman–Crippen MR) is 80.2 cm³/mol.